The van der Waals surface area contributed by atoms with Gasteiger partial charge in [0.1, 0.15) is 6.10 Å². The van der Waals surface area contributed by atoms with Crippen molar-refractivity contribution in [2.75, 3.05) is 26.9 Å². The normalized spacial score (nSPS) is 15.9. The molecule has 0 aliphatic carbocycles. The zero-order chi connectivity index (χ0) is 18.0. The number of aliphatic hydroxyl groups is 3. The summed E-state index contributed by atoms with van der Waals surface area (Å²) in [5.41, 5.74) is 3.49. The van der Waals surface area contributed by atoms with Gasteiger partial charge in [-0.05, 0) is 12.0 Å². The molecular formula is C15H26NO7P. The van der Waals surface area contributed by atoms with Gasteiger partial charge in [-0.1, -0.05) is 30.3 Å². The van der Waals surface area contributed by atoms with Crippen molar-refractivity contribution in [1.82, 2.24) is 5.48 Å². The molecule has 0 spiro atoms. The van der Waals surface area contributed by atoms with Crippen molar-refractivity contribution in [3.63, 3.8) is 0 Å². The maximum atomic E-state index is 11.9. The highest BCUT2D eigenvalue weighted by Gasteiger charge is 2.28. The van der Waals surface area contributed by atoms with Crippen molar-refractivity contribution in [3.05, 3.63) is 35.9 Å². The summed E-state index contributed by atoms with van der Waals surface area (Å²) in [5, 5.41) is 29.6. The molecule has 24 heavy (non-hydrogen) atoms. The maximum Gasteiger partial charge on any atom is 0.330 e. The van der Waals surface area contributed by atoms with E-state index in [0.717, 1.165) is 5.56 Å². The summed E-state index contributed by atoms with van der Waals surface area (Å²) in [6, 6.07) is 9.43. The highest BCUT2D eigenvalue weighted by Crippen LogP contribution is 2.47. The van der Waals surface area contributed by atoms with Crippen LogP contribution in [-0.2, 0) is 25.1 Å². The van der Waals surface area contributed by atoms with Crippen LogP contribution in [-0.4, -0.2) is 60.6 Å². The quantitative estimate of drug-likeness (QED) is 0.243. The van der Waals surface area contributed by atoms with Crippen LogP contribution >= 0.6 is 7.60 Å². The average Bonchev–Trinajstić information content (AvgIpc) is 2.63. The Hall–Kier alpha value is -0.830. The van der Waals surface area contributed by atoms with E-state index in [9.17, 15) is 19.9 Å². The van der Waals surface area contributed by atoms with E-state index in [1.807, 2.05) is 30.3 Å². The lowest BCUT2D eigenvalue weighted by atomic mass is 10.1. The first kappa shape index (κ1) is 21.2. The van der Waals surface area contributed by atoms with E-state index in [-0.39, 0.29) is 19.1 Å². The van der Waals surface area contributed by atoms with Crippen LogP contribution in [0, 0.1) is 0 Å². The second-order valence-electron chi connectivity index (χ2n) is 5.24. The summed E-state index contributed by atoms with van der Waals surface area (Å²) in [4.78, 5) is 5.18. The van der Waals surface area contributed by atoms with E-state index in [4.69, 9.17) is 13.9 Å². The van der Waals surface area contributed by atoms with Gasteiger partial charge in [-0.15, -0.1) is 0 Å². The first-order valence-corrected chi connectivity index (χ1v) is 9.28. The average molecular weight is 363 g/mol. The van der Waals surface area contributed by atoms with Crippen molar-refractivity contribution in [2.24, 2.45) is 0 Å². The standard InChI is InChI=1S/C15H26NO7P/c1-21-24(20,22-2)9-8-13(17)15(19)14(18)10-16-23-11-12-6-4-3-5-7-12/h3-7,13-19H,8-11H2,1-2H3/t13-,14+,15-/m1/s1. The van der Waals surface area contributed by atoms with Crippen molar-refractivity contribution in [1.29, 1.82) is 0 Å². The van der Waals surface area contributed by atoms with Crippen molar-refractivity contribution in [3.8, 4) is 0 Å². The molecule has 0 aromatic heterocycles. The Balaban J connectivity index is 2.27. The molecule has 1 aromatic rings. The zero-order valence-corrected chi connectivity index (χ0v) is 14.8. The minimum atomic E-state index is -3.26. The molecule has 8 nitrogen and oxygen atoms in total. The van der Waals surface area contributed by atoms with E-state index < -0.39 is 25.9 Å². The lowest BCUT2D eigenvalue weighted by Gasteiger charge is -2.24. The van der Waals surface area contributed by atoms with E-state index in [1.54, 1.807) is 0 Å². The van der Waals surface area contributed by atoms with Crippen LogP contribution in [0.2, 0.25) is 0 Å². The van der Waals surface area contributed by atoms with Gasteiger partial charge in [-0.25, -0.2) is 0 Å². The molecule has 1 aromatic carbocycles. The SMILES string of the molecule is COP(=O)(CC[C@@H](O)[C@@H](O)[C@@H](O)CNOCc1ccccc1)OC. The molecule has 0 heterocycles. The van der Waals surface area contributed by atoms with Crippen LogP contribution in [0.5, 0.6) is 0 Å². The number of hydroxylamine groups is 1. The first-order valence-electron chi connectivity index (χ1n) is 7.55. The third-order valence-corrected chi connectivity index (χ3v) is 5.44. The molecule has 138 valence electrons. The van der Waals surface area contributed by atoms with E-state index in [2.05, 4.69) is 5.48 Å². The zero-order valence-electron chi connectivity index (χ0n) is 13.9. The van der Waals surface area contributed by atoms with Gasteiger partial charge in [0.15, 0.2) is 0 Å². The van der Waals surface area contributed by atoms with Gasteiger partial charge in [0.2, 0.25) is 0 Å². The van der Waals surface area contributed by atoms with Crippen LogP contribution in [0.1, 0.15) is 12.0 Å². The molecule has 0 amide bonds. The van der Waals surface area contributed by atoms with Gasteiger partial charge in [-0.3, -0.25) is 9.40 Å². The molecule has 0 fully saturated rings. The van der Waals surface area contributed by atoms with Crippen LogP contribution in [0.4, 0.5) is 0 Å². The lowest BCUT2D eigenvalue weighted by molar-refractivity contribution is -0.0788. The smallest absolute Gasteiger partial charge is 0.330 e. The van der Waals surface area contributed by atoms with Crippen LogP contribution in [0.3, 0.4) is 0 Å². The molecule has 4 N–H and O–H groups in total. The van der Waals surface area contributed by atoms with Gasteiger partial charge in [0.25, 0.3) is 0 Å². The van der Waals surface area contributed by atoms with Gasteiger partial charge in [0.05, 0.1) is 25.0 Å². The van der Waals surface area contributed by atoms with Crippen molar-refractivity contribution >= 4 is 7.60 Å². The fourth-order valence-corrected chi connectivity index (χ4v) is 3.04. The Bertz CT molecular complexity index is 494. The van der Waals surface area contributed by atoms with E-state index in [1.165, 1.54) is 14.2 Å². The number of hydrogen-bond donors (Lipinski definition) is 4. The van der Waals surface area contributed by atoms with Crippen LogP contribution < -0.4 is 5.48 Å². The summed E-state index contributed by atoms with van der Waals surface area (Å²) in [5.74, 6) is 0. The molecule has 0 saturated heterocycles. The molecule has 9 heteroatoms. The van der Waals surface area contributed by atoms with Crippen molar-refractivity contribution in [2.45, 2.75) is 31.3 Å². The van der Waals surface area contributed by atoms with Crippen LogP contribution in [0.15, 0.2) is 30.3 Å². The monoisotopic (exact) mass is 363 g/mol. The molecule has 0 aliphatic heterocycles. The summed E-state index contributed by atoms with van der Waals surface area (Å²) >= 11 is 0. The highest BCUT2D eigenvalue weighted by molar-refractivity contribution is 7.53. The Kier molecular flexibility index (Phi) is 9.65. The first-order chi connectivity index (χ1) is 11.4. The molecule has 0 aliphatic rings. The fourth-order valence-electron chi connectivity index (χ4n) is 1.95. The number of benzene rings is 1. The van der Waals surface area contributed by atoms with Gasteiger partial charge < -0.3 is 24.4 Å². The number of rotatable bonds is 12. The summed E-state index contributed by atoms with van der Waals surface area (Å²) in [6.07, 6.45) is -4.04. The molecule has 0 bridgehead atoms. The Morgan fingerprint density at radius 1 is 1.08 bits per heavy atom. The van der Waals surface area contributed by atoms with Gasteiger partial charge >= 0.3 is 7.60 Å². The Morgan fingerprint density at radius 2 is 1.71 bits per heavy atom. The predicted octanol–water partition coefficient (Wildman–Crippen LogP) is 0.666. The van der Waals surface area contributed by atoms with E-state index in [0.29, 0.717) is 6.61 Å². The summed E-state index contributed by atoms with van der Waals surface area (Å²) < 4.78 is 21.4. The number of hydrogen-bond acceptors (Lipinski definition) is 8. The van der Waals surface area contributed by atoms with E-state index >= 15 is 0 Å². The molecule has 1 rings (SSSR count). The highest BCUT2D eigenvalue weighted by atomic mass is 31.2. The topological polar surface area (TPSA) is 117 Å². The van der Waals surface area contributed by atoms with Crippen molar-refractivity contribution < 1.29 is 33.8 Å². The maximum absolute atomic E-state index is 11.9. The van der Waals surface area contributed by atoms with Crippen LogP contribution in [0.25, 0.3) is 0 Å². The third kappa shape index (κ3) is 7.38. The Labute approximate surface area is 141 Å². The molecule has 0 saturated carbocycles. The predicted molar refractivity (Wildman–Crippen MR) is 88.4 cm³/mol. The molecule has 0 radical (unpaired) electrons. The molecular weight excluding hydrogens is 337 g/mol. The fraction of sp³-hybridized carbons (Fsp3) is 0.600. The lowest BCUT2D eigenvalue weighted by Crippen LogP contribution is -2.43. The third-order valence-electron chi connectivity index (χ3n) is 3.52. The Morgan fingerprint density at radius 3 is 2.29 bits per heavy atom. The minimum absolute atomic E-state index is 0.0396. The summed E-state index contributed by atoms with van der Waals surface area (Å²) in [6.45, 7) is 0.231. The van der Waals surface area contributed by atoms with Gasteiger partial charge in [0, 0.05) is 20.8 Å². The van der Waals surface area contributed by atoms with Gasteiger partial charge in [-0.2, -0.15) is 5.48 Å². The number of nitrogens with one attached hydrogen (secondary N) is 1. The summed E-state index contributed by atoms with van der Waals surface area (Å²) in [7, 11) is -0.766. The second-order valence-corrected chi connectivity index (χ2v) is 7.64. The molecule has 0 unspecified atom stereocenters. The number of aliphatic hydroxyl groups excluding tert-OH is 3. The second kappa shape index (κ2) is 10.9. The minimum Gasteiger partial charge on any atom is -0.390 e. The molecule has 3 atom stereocenters. The largest absolute Gasteiger partial charge is 0.390 e.